The van der Waals surface area contributed by atoms with Gasteiger partial charge in [0.2, 0.25) is 11.4 Å². The number of rotatable bonds is 8. The summed E-state index contributed by atoms with van der Waals surface area (Å²) in [6, 6.07) is 27.3. The van der Waals surface area contributed by atoms with Gasteiger partial charge in [-0.05, 0) is 53.1 Å². The Bertz CT molecular complexity index is 1930. The summed E-state index contributed by atoms with van der Waals surface area (Å²) in [5, 5.41) is 25.2. The van der Waals surface area contributed by atoms with Gasteiger partial charge in [0.1, 0.15) is 24.7 Å². The summed E-state index contributed by atoms with van der Waals surface area (Å²) in [5.74, 6) is -0.898. The second kappa shape index (κ2) is 10.4. The first kappa shape index (κ1) is 28.2. The lowest BCUT2D eigenvalue weighted by Gasteiger charge is -2.29. The predicted molar refractivity (Wildman–Crippen MR) is 168 cm³/mol. The van der Waals surface area contributed by atoms with E-state index in [9.17, 15) is 20.0 Å². The van der Waals surface area contributed by atoms with Crippen LogP contribution in [-0.4, -0.2) is 47.5 Å². The van der Waals surface area contributed by atoms with Gasteiger partial charge in [-0.15, -0.1) is 0 Å². The molecule has 2 aliphatic heterocycles. The minimum absolute atomic E-state index is 0.0783. The Morgan fingerprint density at radius 3 is 2.19 bits per heavy atom. The summed E-state index contributed by atoms with van der Waals surface area (Å²) in [6.45, 7) is 9.71. The number of hydrogen-bond acceptors (Lipinski definition) is 5. The zero-order chi connectivity index (χ0) is 30.5. The molecular weight excluding hydrogens is 538 g/mol. The van der Waals surface area contributed by atoms with Gasteiger partial charge in [0.15, 0.2) is 6.54 Å². The zero-order valence-corrected chi connectivity index (χ0v) is 24.8. The molecule has 0 radical (unpaired) electrons. The van der Waals surface area contributed by atoms with Gasteiger partial charge in [-0.1, -0.05) is 68.4 Å². The molecule has 43 heavy (non-hydrogen) atoms. The van der Waals surface area contributed by atoms with E-state index in [1.807, 2.05) is 34.9 Å². The van der Waals surface area contributed by atoms with Crippen LogP contribution in [0.3, 0.4) is 0 Å². The van der Waals surface area contributed by atoms with Crippen LogP contribution >= 0.6 is 0 Å². The van der Waals surface area contributed by atoms with Gasteiger partial charge in [-0.2, -0.15) is 9.84 Å². The lowest BCUT2D eigenvalue weighted by molar-refractivity contribution is -0.437. The van der Waals surface area contributed by atoms with E-state index in [4.69, 9.17) is 4.74 Å². The highest BCUT2D eigenvalue weighted by atomic mass is 16.5. The fourth-order valence-electron chi connectivity index (χ4n) is 7.41. The molecule has 4 aromatic rings. The number of nitrogens with zero attached hydrogens (tertiary/aromatic N) is 3. The molecule has 7 heteroatoms. The number of carbonyl (C=O) groups excluding carboxylic acids is 1. The number of allylic oxidation sites excluding steroid dienone is 2. The molecule has 0 spiro atoms. The number of fused-ring (bicyclic) bond motifs is 6. The van der Waals surface area contributed by atoms with E-state index in [-0.39, 0.29) is 19.6 Å². The summed E-state index contributed by atoms with van der Waals surface area (Å²) in [4.78, 5) is 25.1. The van der Waals surface area contributed by atoms with Crippen molar-refractivity contribution in [2.24, 2.45) is 0 Å². The summed E-state index contributed by atoms with van der Waals surface area (Å²) in [7, 11) is 0. The minimum Gasteiger partial charge on any atom is -0.481 e. The van der Waals surface area contributed by atoms with Crippen LogP contribution in [0.5, 0.6) is 0 Å². The van der Waals surface area contributed by atoms with Crippen molar-refractivity contribution in [1.29, 1.82) is 5.26 Å². The molecule has 0 aliphatic carbocycles. The summed E-state index contributed by atoms with van der Waals surface area (Å²) in [5.41, 5.74) is 4.96. The molecule has 0 atom stereocenters. The average Bonchev–Trinajstić information content (AvgIpc) is 3.36. The third-order valence-corrected chi connectivity index (χ3v) is 9.00. The van der Waals surface area contributed by atoms with Crippen molar-refractivity contribution in [3.05, 3.63) is 95.2 Å². The van der Waals surface area contributed by atoms with Crippen molar-refractivity contribution in [1.82, 2.24) is 0 Å². The van der Waals surface area contributed by atoms with Crippen molar-refractivity contribution in [2.75, 3.05) is 24.6 Å². The molecule has 2 aliphatic rings. The Morgan fingerprint density at radius 2 is 1.56 bits per heavy atom. The molecule has 0 aromatic heterocycles. The monoisotopic (exact) mass is 572 g/mol. The SMILES string of the molecule is CC1(C)C(/C(C#N)=C2/N(CCOC=O)c3ccc4ccccc4c3C2(C)C)=[N+](CCC(=O)O)c2ccc3ccccc3c21. The summed E-state index contributed by atoms with van der Waals surface area (Å²) >= 11 is 0. The van der Waals surface area contributed by atoms with Crippen LogP contribution in [0.1, 0.15) is 45.2 Å². The molecule has 216 valence electrons. The van der Waals surface area contributed by atoms with E-state index < -0.39 is 16.8 Å². The van der Waals surface area contributed by atoms with Gasteiger partial charge in [0.05, 0.1) is 17.7 Å². The van der Waals surface area contributed by atoms with Crippen LogP contribution in [0.15, 0.2) is 84.1 Å². The quantitative estimate of drug-likeness (QED) is 0.111. The predicted octanol–water partition coefficient (Wildman–Crippen LogP) is 6.59. The highest BCUT2D eigenvalue weighted by Crippen LogP contribution is 2.54. The molecule has 2 heterocycles. The van der Waals surface area contributed by atoms with Crippen molar-refractivity contribution in [2.45, 2.75) is 44.9 Å². The van der Waals surface area contributed by atoms with Gasteiger partial charge in [0, 0.05) is 22.7 Å². The van der Waals surface area contributed by atoms with Crippen LogP contribution < -0.4 is 4.90 Å². The van der Waals surface area contributed by atoms with E-state index in [1.54, 1.807) is 0 Å². The van der Waals surface area contributed by atoms with E-state index in [0.717, 1.165) is 55.5 Å². The normalized spacial score (nSPS) is 17.5. The average molecular weight is 573 g/mol. The van der Waals surface area contributed by atoms with Crippen LogP contribution in [0.25, 0.3) is 21.5 Å². The molecule has 0 saturated carbocycles. The van der Waals surface area contributed by atoms with Crippen molar-refractivity contribution in [3.63, 3.8) is 0 Å². The van der Waals surface area contributed by atoms with E-state index >= 15 is 0 Å². The lowest BCUT2D eigenvalue weighted by atomic mass is 9.73. The van der Waals surface area contributed by atoms with Gasteiger partial charge in [-0.3, -0.25) is 9.59 Å². The Morgan fingerprint density at radius 1 is 0.930 bits per heavy atom. The number of carboxylic acids is 1. The fraction of sp³-hybridized carbons (Fsp3) is 0.278. The fourth-order valence-corrected chi connectivity index (χ4v) is 7.41. The molecule has 6 rings (SSSR count). The maximum atomic E-state index is 11.9. The van der Waals surface area contributed by atoms with Crippen LogP contribution in [-0.2, 0) is 25.2 Å². The first-order chi connectivity index (χ1) is 20.6. The van der Waals surface area contributed by atoms with Crippen molar-refractivity contribution < 1.29 is 24.0 Å². The van der Waals surface area contributed by atoms with Gasteiger partial charge in [0.25, 0.3) is 6.47 Å². The van der Waals surface area contributed by atoms with Crippen LogP contribution in [0.2, 0.25) is 0 Å². The Hall–Kier alpha value is -4.96. The number of hydrogen-bond donors (Lipinski definition) is 1. The Balaban J connectivity index is 1.67. The molecule has 4 aromatic carbocycles. The molecule has 0 saturated heterocycles. The van der Waals surface area contributed by atoms with Crippen LogP contribution in [0.4, 0.5) is 11.4 Å². The zero-order valence-electron chi connectivity index (χ0n) is 24.8. The number of ether oxygens (including phenoxy) is 1. The summed E-state index contributed by atoms with van der Waals surface area (Å²) < 4.78 is 7.21. The second-order valence-corrected chi connectivity index (χ2v) is 12.2. The van der Waals surface area contributed by atoms with E-state index in [0.29, 0.717) is 18.6 Å². The standard InChI is InChI=1S/C36H33N3O4/c1-35(2)31-25-11-7-5-9-23(25)13-15-28(31)38(18-17-30(41)42)33(35)27(21-37)34-36(3,4)32-26-12-8-6-10-24(26)14-16-29(32)39(34)19-20-43-22-40/h5-16,22H,17-20H2,1-4H3/p+1. The molecule has 7 nitrogen and oxygen atoms in total. The van der Waals surface area contributed by atoms with Gasteiger partial charge in [-0.25, -0.2) is 0 Å². The smallest absolute Gasteiger partial charge is 0.309 e. The van der Waals surface area contributed by atoms with E-state index in [2.05, 4.69) is 81.1 Å². The number of carbonyl (C=O) groups is 2. The Labute approximate surface area is 250 Å². The second-order valence-electron chi connectivity index (χ2n) is 12.2. The molecule has 1 N–H and O–H groups in total. The highest BCUT2D eigenvalue weighted by Gasteiger charge is 2.53. The third-order valence-electron chi connectivity index (χ3n) is 9.00. The molecular formula is C36H34N3O4+. The first-order valence-electron chi connectivity index (χ1n) is 14.5. The van der Waals surface area contributed by atoms with E-state index in [1.165, 1.54) is 0 Å². The molecule has 0 fully saturated rings. The maximum absolute atomic E-state index is 11.9. The lowest BCUT2D eigenvalue weighted by Crippen LogP contribution is -2.37. The number of nitriles is 1. The number of aliphatic carboxylic acids is 1. The summed E-state index contributed by atoms with van der Waals surface area (Å²) in [6.07, 6.45) is -0.0783. The van der Waals surface area contributed by atoms with Gasteiger partial charge < -0.3 is 14.7 Å². The number of anilines is 1. The topological polar surface area (TPSA) is 93.6 Å². The number of carboxylic acid groups (broad SMARTS) is 1. The van der Waals surface area contributed by atoms with Crippen molar-refractivity contribution >= 4 is 51.1 Å². The Kier molecular flexibility index (Phi) is 6.81. The minimum atomic E-state index is -0.898. The highest BCUT2D eigenvalue weighted by molar-refractivity contribution is 6.14. The van der Waals surface area contributed by atoms with Gasteiger partial charge >= 0.3 is 5.97 Å². The molecule has 0 bridgehead atoms. The maximum Gasteiger partial charge on any atom is 0.309 e. The first-order valence-corrected chi connectivity index (χ1v) is 14.5. The number of benzene rings is 4. The van der Waals surface area contributed by atoms with Crippen LogP contribution in [0, 0.1) is 11.3 Å². The van der Waals surface area contributed by atoms with Crippen molar-refractivity contribution in [3.8, 4) is 6.07 Å². The third kappa shape index (κ3) is 4.28. The largest absolute Gasteiger partial charge is 0.481 e. The molecule has 0 unspecified atom stereocenters. The molecule has 0 amide bonds.